The molecule has 2 N–H and O–H groups in total. The third-order valence-corrected chi connectivity index (χ3v) is 5.72. The number of rotatable bonds is 9. The Morgan fingerprint density at radius 1 is 0.875 bits per heavy atom. The van der Waals surface area contributed by atoms with Crippen LogP contribution in [0.15, 0.2) is 78.9 Å². The monoisotopic (exact) mass is 453 g/mol. The molecule has 3 aromatic carbocycles. The number of benzene rings is 3. The SMILES string of the molecule is Cl.O[C@@H](CNC1CCCc2ccc(OCc3ccccc3)cc2C1)COc1ccccc1. The summed E-state index contributed by atoms with van der Waals surface area (Å²) in [4.78, 5) is 0. The molecule has 170 valence electrons. The van der Waals surface area contributed by atoms with Crippen LogP contribution in [0.25, 0.3) is 0 Å². The molecule has 32 heavy (non-hydrogen) atoms. The Balaban J connectivity index is 0.00000289. The summed E-state index contributed by atoms with van der Waals surface area (Å²) in [6.45, 7) is 1.39. The van der Waals surface area contributed by atoms with Gasteiger partial charge >= 0.3 is 0 Å². The van der Waals surface area contributed by atoms with Gasteiger partial charge in [-0.25, -0.2) is 0 Å². The quantitative estimate of drug-likeness (QED) is 0.449. The molecule has 1 unspecified atom stereocenters. The van der Waals surface area contributed by atoms with E-state index in [2.05, 4.69) is 35.6 Å². The zero-order chi connectivity index (χ0) is 21.3. The molecule has 0 amide bonds. The molecule has 2 atom stereocenters. The molecule has 0 bridgehead atoms. The Labute approximate surface area is 197 Å². The van der Waals surface area contributed by atoms with Crippen LogP contribution in [0.3, 0.4) is 0 Å². The second-order valence-corrected chi connectivity index (χ2v) is 8.18. The smallest absolute Gasteiger partial charge is 0.120 e. The van der Waals surface area contributed by atoms with Crippen molar-refractivity contribution in [3.8, 4) is 11.5 Å². The maximum Gasteiger partial charge on any atom is 0.120 e. The molecular weight excluding hydrogens is 422 g/mol. The van der Waals surface area contributed by atoms with Crippen molar-refractivity contribution in [3.63, 3.8) is 0 Å². The van der Waals surface area contributed by atoms with Crippen LogP contribution < -0.4 is 14.8 Å². The predicted molar refractivity (Wildman–Crippen MR) is 131 cm³/mol. The van der Waals surface area contributed by atoms with E-state index < -0.39 is 6.10 Å². The van der Waals surface area contributed by atoms with Gasteiger partial charge in [-0.3, -0.25) is 0 Å². The van der Waals surface area contributed by atoms with E-state index in [1.807, 2.05) is 48.5 Å². The highest BCUT2D eigenvalue weighted by Crippen LogP contribution is 2.25. The zero-order valence-corrected chi connectivity index (χ0v) is 19.1. The maximum atomic E-state index is 10.3. The van der Waals surface area contributed by atoms with Crippen molar-refractivity contribution in [2.24, 2.45) is 0 Å². The molecular formula is C27H32ClNO3. The van der Waals surface area contributed by atoms with Gasteiger partial charge < -0.3 is 19.9 Å². The number of fused-ring (bicyclic) bond motifs is 1. The molecule has 0 fully saturated rings. The van der Waals surface area contributed by atoms with E-state index in [4.69, 9.17) is 9.47 Å². The second-order valence-electron chi connectivity index (χ2n) is 8.18. The second kappa shape index (κ2) is 12.5. The molecule has 1 aliphatic rings. The van der Waals surface area contributed by atoms with Crippen molar-refractivity contribution in [3.05, 3.63) is 95.6 Å². The first-order valence-corrected chi connectivity index (χ1v) is 11.1. The summed E-state index contributed by atoms with van der Waals surface area (Å²) >= 11 is 0. The Morgan fingerprint density at radius 2 is 1.62 bits per heavy atom. The molecule has 4 nitrogen and oxygen atoms in total. The normalized spacial score (nSPS) is 16.2. The highest BCUT2D eigenvalue weighted by Gasteiger charge is 2.18. The minimum Gasteiger partial charge on any atom is -0.491 e. The van der Waals surface area contributed by atoms with Crippen molar-refractivity contribution in [1.82, 2.24) is 5.32 Å². The van der Waals surface area contributed by atoms with Crippen LogP contribution in [0.4, 0.5) is 0 Å². The molecule has 0 radical (unpaired) electrons. The van der Waals surface area contributed by atoms with Gasteiger partial charge in [-0.15, -0.1) is 12.4 Å². The van der Waals surface area contributed by atoms with Gasteiger partial charge in [0.1, 0.15) is 30.8 Å². The number of hydrogen-bond donors (Lipinski definition) is 2. The summed E-state index contributed by atoms with van der Waals surface area (Å²) in [5.41, 5.74) is 3.92. The summed E-state index contributed by atoms with van der Waals surface area (Å²) in [7, 11) is 0. The highest BCUT2D eigenvalue weighted by atomic mass is 35.5. The van der Waals surface area contributed by atoms with Crippen LogP contribution in [0.2, 0.25) is 0 Å². The van der Waals surface area contributed by atoms with Gasteiger partial charge in [0.25, 0.3) is 0 Å². The third kappa shape index (κ3) is 7.27. The first kappa shape index (κ1) is 24.1. The van der Waals surface area contributed by atoms with E-state index in [1.54, 1.807) is 0 Å². The molecule has 0 aromatic heterocycles. The lowest BCUT2D eigenvalue weighted by molar-refractivity contribution is 0.103. The lowest BCUT2D eigenvalue weighted by Crippen LogP contribution is -2.39. The van der Waals surface area contributed by atoms with Crippen LogP contribution >= 0.6 is 12.4 Å². The van der Waals surface area contributed by atoms with Crippen LogP contribution in [0.5, 0.6) is 11.5 Å². The molecule has 4 rings (SSSR count). The van der Waals surface area contributed by atoms with Gasteiger partial charge in [0.2, 0.25) is 0 Å². The molecule has 0 heterocycles. The summed E-state index contributed by atoms with van der Waals surface area (Å²) in [5.74, 6) is 1.70. The first-order chi connectivity index (χ1) is 15.3. The van der Waals surface area contributed by atoms with Gasteiger partial charge in [0.15, 0.2) is 0 Å². The van der Waals surface area contributed by atoms with Crippen LogP contribution in [-0.2, 0) is 19.4 Å². The summed E-state index contributed by atoms with van der Waals surface area (Å²) in [5, 5.41) is 13.9. The minimum absolute atomic E-state index is 0. The molecule has 5 heteroatoms. The van der Waals surface area contributed by atoms with Crippen LogP contribution in [-0.4, -0.2) is 30.4 Å². The molecule has 0 spiro atoms. The number of ether oxygens (including phenoxy) is 2. The standard InChI is InChI=1S/C27H31NO3.ClH/c29-25(20-31-26-12-5-2-6-13-26)18-28-24-11-7-10-22-14-15-27(17-23(22)16-24)30-19-21-8-3-1-4-9-21;/h1-6,8-9,12-15,17,24-25,28-29H,7,10-11,16,18-20H2;1H/t24?,25-;/m0./s1. The lowest BCUT2D eigenvalue weighted by atomic mass is 10.0. The zero-order valence-electron chi connectivity index (χ0n) is 18.3. The van der Waals surface area contributed by atoms with Crippen molar-refractivity contribution < 1.29 is 14.6 Å². The average molecular weight is 454 g/mol. The molecule has 3 aromatic rings. The fourth-order valence-electron chi connectivity index (χ4n) is 4.02. The Hall–Kier alpha value is -2.53. The summed E-state index contributed by atoms with van der Waals surface area (Å²) < 4.78 is 11.7. The van der Waals surface area contributed by atoms with Gasteiger partial charge in [-0.2, -0.15) is 0 Å². The van der Waals surface area contributed by atoms with Gasteiger partial charge in [0.05, 0.1) is 0 Å². The highest BCUT2D eigenvalue weighted by molar-refractivity contribution is 5.85. The fourth-order valence-corrected chi connectivity index (χ4v) is 4.02. The third-order valence-electron chi connectivity index (χ3n) is 5.72. The number of aliphatic hydroxyl groups is 1. The Kier molecular flexibility index (Phi) is 9.42. The Bertz CT molecular complexity index is 936. The van der Waals surface area contributed by atoms with E-state index in [0.717, 1.165) is 37.2 Å². The average Bonchev–Trinajstić information content (AvgIpc) is 3.03. The number of para-hydroxylation sites is 1. The van der Waals surface area contributed by atoms with Crippen molar-refractivity contribution >= 4 is 12.4 Å². The molecule has 1 aliphatic carbocycles. The topological polar surface area (TPSA) is 50.7 Å². The number of halogens is 1. The summed E-state index contributed by atoms with van der Waals surface area (Å²) in [6, 6.07) is 26.7. The van der Waals surface area contributed by atoms with Crippen LogP contribution in [0, 0.1) is 0 Å². The van der Waals surface area contributed by atoms with Gasteiger partial charge in [-0.05, 0) is 66.6 Å². The Morgan fingerprint density at radius 3 is 2.41 bits per heavy atom. The van der Waals surface area contributed by atoms with E-state index in [1.165, 1.54) is 16.7 Å². The number of aryl methyl sites for hydroxylation is 1. The van der Waals surface area contributed by atoms with Crippen molar-refractivity contribution in [2.75, 3.05) is 13.2 Å². The maximum absolute atomic E-state index is 10.3. The summed E-state index contributed by atoms with van der Waals surface area (Å²) in [6.07, 6.45) is 3.74. The molecule has 0 saturated carbocycles. The first-order valence-electron chi connectivity index (χ1n) is 11.1. The van der Waals surface area contributed by atoms with E-state index >= 15 is 0 Å². The number of nitrogens with one attached hydrogen (secondary N) is 1. The van der Waals surface area contributed by atoms with Crippen molar-refractivity contribution in [1.29, 1.82) is 0 Å². The number of hydrogen-bond acceptors (Lipinski definition) is 4. The van der Waals surface area contributed by atoms with E-state index in [-0.39, 0.29) is 19.0 Å². The predicted octanol–water partition coefficient (Wildman–Crippen LogP) is 4.96. The molecule has 0 saturated heterocycles. The molecule has 0 aliphatic heterocycles. The van der Waals surface area contributed by atoms with Gasteiger partial charge in [-0.1, -0.05) is 54.6 Å². The number of aliphatic hydroxyl groups excluding tert-OH is 1. The lowest BCUT2D eigenvalue weighted by Gasteiger charge is -2.20. The van der Waals surface area contributed by atoms with Gasteiger partial charge in [0, 0.05) is 12.6 Å². The van der Waals surface area contributed by atoms with E-state index in [9.17, 15) is 5.11 Å². The van der Waals surface area contributed by atoms with E-state index in [0.29, 0.717) is 19.2 Å². The van der Waals surface area contributed by atoms with Crippen LogP contribution in [0.1, 0.15) is 29.5 Å². The largest absolute Gasteiger partial charge is 0.491 e. The van der Waals surface area contributed by atoms with Crippen molar-refractivity contribution in [2.45, 2.75) is 44.4 Å². The fraction of sp³-hybridized carbons (Fsp3) is 0.333. The minimum atomic E-state index is -0.538.